The molecular formula is C64H44N2S2. The summed E-state index contributed by atoms with van der Waals surface area (Å²) in [6.07, 6.45) is 0. The zero-order chi connectivity index (χ0) is 45.2. The fourth-order valence-corrected chi connectivity index (χ4v) is 11.3. The number of benzene rings is 10. The molecule has 0 fully saturated rings. The molecule has 2 aromatic heterocycles. The second-order valence-electron chi connectivity index (χ2n) is 17.0. The normalized spacial score (nSPS) is 11.2. The number of thiophene rings is 2. The minimum atomic E-state index is 1.09. The van der Waals surface area contributed by atoms with Crippen LogP contribution >= 0.6 is 22.7 Å². The molecule has 68 heavy (non-hydrogen) atoms. The molecule has 0 amide bonds. The van der Waals surface area contributed by atoms with Gasteiger partial charge in [0.2, 0.25) is 0 Å². The Kier molecular flexibility index (Phi) is 11.0. The Morgan fingerprint density at radius 1 is 0.206 bits per heavy atom. The number of rotatable bonds is 11. The van der Waals surface area contributed by atoms with Crippen LogP contribution in [0.1, 0.15) is 0 Å². The molecule has 0 saturated heterocycles. The highest BCUT2D eigenvalue weighted by Gasteiger charge is 2.17. The van der Waals surface area contributed by atoms with Crippen molar-refractivity contribution < 1.29 is 0 Å². The lowest BCUT2D eigenvalue weighted by molar-refractivity contribution is 1.28. The molecule has 12 rings (SSSR count). The van der Waals surface area contributed by atoms with E-state index in [0.717, 1.165) is 45.3 Å². The molecule has 0 aliphatic carbocycles. The van der Waals surface area contributed by atoms with Crippen LogP contribution in [0.4, 0.5) is 34.1 Å². The number of nitrogens with zero attached hydrogens (tertiary/aromatic N) is 2. The van der Waals surface area contributed by atoms with Crippen LogP contribution < -0.4 is 9.80 Å². The summed E-state index contributed by atoms with van der Waals surface area (Å²) in [5.41, 5.74) is 16.2. The topological polar surface area (TPSA) is 6.48 Å². The Hall–Kier alpha value is -8.28. The first-order valence-electron chi connectivity index (χ1n) is 23.0. The van der Waals surface area contributed by atoms with Crippen molar-refractivity contribution in [1.29, 1.82) is 0 Å². The molecular weight excluding hydrogens is 861 g/mol. The first-order valence-corrected chi connectivity index (χ1v) is 24.6. The molecule has 4 heteroatoms. The van der Waals surface area contributed by atoms with Gasteiger partial charge in [-0.2, -0.15) is 0 Å². The van der Waals surface area contributed by atoms with E-state index in [1.165, 1.54) is 63.3 Å². The van der Waals surface area contributed by atoms with Gasteiger partial charge in [-0.1, -0.05) is 170 Å². The average molecular weight is 905 g/mol. The van der Waals surface area contributed by atoms with Crippen LogP contribution in [0, 0.1) is 0 Å². The lowest BCUT2D eigenvalue weighted by Gasteiger charge is -2.26. The van der Waals surface area contributed by atoms with Gasteiger partial charge in [-0.3, -0.25) is 0 Å². The van der Waals surface area contributed by atoms with Crippen molar-refractivity contribution in [2.75, 3.05) is 9.80 Å². The van der Waals surface area contributed by atoms with Gasteiger partial charge < -0.3 is 9.80 Å². The maximum absolute atomic E-state index is 2.36. The predicted octanol–water partition coefficient (Wildman–Crippen LogP) is 19.4. The van der Waals surface area contributed by atoms with Crippen LogP contribution in [0.25, 0.3) is 74.4 Å². The monoisotopic (exact) mass is 904 g/mol. The fourth-order valence-electron chi connectivity index (χ4n) is 9.17. The van der Waals surface area contributed by atoms with Gasteiger partial charge in [-0.15, -0.1) is 22.7 Å². The third kappa shape index (κ3) is 8.28. The summed E-state index contributed by atoms with van der Waals surface area (Å²) in [4.78, 5) is 7.25. The lowest BCUT2D eigenvalue weighted by atomic mass is 10.0. The van der Waals surface area contributed by atoms with Gasteiger partial charge in [-0.25, -0.2) is 0 Å². The molecule has 12 aromatic rings. The van der Waals surface area contributed by atoms with Crippen LogP contribution in [0.3, 0.4) is 0 Å². The van der Waals surface area contributed by atoms with Crippen LogP contribution in [0.5, 0.6) is 0 Å². The van der Waals surface area contributed by atoms with E-state index in [1.54, 1.807) is 0 Å². The first kappa shape index (κ1) is 41.2. The zero-order valence-electron chi connectivity index (χ0n) is 37.1. The molecule has 10 aromatic carbocycles. The van der Waals surface area contributed by atoms with Crippen LogP contribution in [0.2, 0.25) is 0 Å². The molecule has 0 aliphatic heterocycles. The van der Waals surface area contributed by atoms with Crippen molar-refractivity contribution in [3.05, 3.63) is 267 Å². The smallest absolute Gasteiger partial charge is 0.0462 e. The van der Waals surface area contributed by atoms with E-state index in [4.69, 9.17) is 0 Å². The van der Waals surface area contributed by atoms with E-state index in [2.05, 4.69) is 277 Å². The molecule has 2 heterocycles. The van der Waals surface area contributed by atoms with E-state index < -0.39 is 0 Å². The maximum atomic E-state index is 2.36. The number of hydrogen-bond donors (Lipinski definition) is 0. The molecule has 0 spiro atoms. The van der Waals surface area contributed by atoms with Gasteiger partial charge in [0.15, 0.2) is 0 Å². The van der Waals surface area contributed by atoms with Crippen LogP contribution in [0.15, 0.2) is 267 Å². The van der Waals surface area contributed by atoms with Crippen LogP contribution in [-0.2, 0) is 0 Å². The van der Waals surface area contributed by atoms with E-state index in [0.29, 0.717) is 0 Å². The van der Waals surface area contributed by atoms with Crippen molar-refractivity contribution in [3.63, 3.8) is 0 Å². The van der Waals surface area contributed by atoms with Gasteiger partial charge in [-0.05, 0) is 152 Å². The van der Waals surface area contributed by atoms with Gasteiger partial charge in [0.05, 0.1) is 0 Å². The quantitative estimate of drug-likeness (QED) is 0.128. The summed E-state index contributed by atoms with van der Waals surface area (Å²) >= 11 is 3.68. The minimum Gasteiger partial charge on any atom is -0.311 e. The number of fused-ring (bicyclic) bond motifs is 2. The molecule has 0 radical (unpaired) electrons. The Morgan fingerprint density at radius 3 is 0.721 bits per heavy atom. The Bertz CT molecular complexity index is 3350. The van der Waals surface area contributed by atoms with E-state index >= 15 is 0 Å². The highest BCUT2D eigenvalue weighted by Crippen LogP contribution is 2.42. The maximum Gasteiger partial charge on any atom is 0.0462 e. The largest absolute Gasteiger partial charge is 0.311 e. The van der Waals surface area contributed by atoms with Crippen molar-refractivity contribution in [2.24, 2.45) is 0 Å². The highest BCUT2D eigenvalue weighted by atomic mass is 32.1. The molecule has 0 saturated carbocycles. The second kappa shape index (κ2) is 18.2. The summed E-state index contributed by atoms with van der Waals surface area (Å²) in [5.74, 6) is 0. The summed E-state index contributed by atoms with van der Waals surface area (Å²) < 4.78 is 2.61. The van der Waals surface area contributed by atoms with Crippen LogP contribution in [-0.4, -0.2) is 0 Å². The van der Waals surface area contributed by atoms with Crippen molar-refractivity contribution in [1.82, 2.24) is 0 Å². The van der Waals surface area contributed by atoms with E-state index in [-0.39, 0.29) is 0 Å². The Balaban J connectivity index is 0.860. The Labute approximate surface area is 405 Å². The molecule has 2 nitrogen and oxygen atoms in total. The zero-order valence-corrected chi connectivity index (χ0v) is 38.7. The molecule has 322 valence electrons. The van der Waals surface area contributed by atoms with Crippen molar-refractivity contribution >= 4 is 77.0 Å². The predicted molar refractivity (Wildman–Crippen MR) is 294 cm³/mol. The molecule has 0 atom stereocenters. The number of hydrogen-bond acceptors (Lipinski definition) is 4. The number of anilines is 6. The molecule has 0 aliphatic rings. The Morgan fingerprint density at radius 2 is 0.441 bits per heavy atom. The van der Waals surface area contributed by atoms with Gasteiger partial charge in [0.25, 0.3) is 0 Å². The first-order chi connectivity index (χ1) is 33.7. The van der Waals surface area contributed by atoms with E-state index in [9.17, 15) is 0 Å². The summed E-state index contributed by atoms with van der Waals surface area (Å²) in [7, 11) is 0. The standard InChI is InChI=1S/C64H44N2S2/c1-3-11-45(12-4-1)47-19-31-55(32-20-47)65(56-33-21-48(22-34-56)46-13-5-2-6-14-46)57-35-23-49(24-36-57)50-25-37-58(38-26-50)66(59-39-27-51(28-40-59)63-43-53-15-7-9-17-61(53)67-63)60-41-29-52(30-42-60)64-44-54-16-8-10-18-62(54)68-64/h1-44H. The SMILES string of the molecule is c1ccc(-c2ccc(N(c3ccc(-c4ccccc4)cc3)c3ccc(-c4ccc(N(c5ccc(-c6cc7ccccc7s6)cc5)c5ccc(-c6cc7ccccc7s6)cc5)cc4)cc3)cc2)cc1. The van der Waals surface area contributed by atoms with Gasteiger partial charge in [0, 0.05) is 53.3 Å². The second-order valence-corrected chi connectivity index (χ2v) is 19.1. The van der Waals surface area contributed by atoms with Crippen molar-refractivity contribution in [3.8, 4) is 54.3 Å². The van der Waals surface area contributed by atoms with Gasteiger partial charge in [0.1, 0.15) is 0 Å². The molecule has 0 unspecified atom stereocenters. The lowest BCUT2D eigenvalue weighted by Crippen LogP contribution is -2.10. The average Bonchev–Trinajstić information content (AvgIpc) is 4.06. The highest BCUT2D eigenvalue weighted by molar-refractivity contribution is 7.22. The molecule has 0 N–H and O–H groups in total. The third-order valence-corrected chi connectivity index (χ3v) is 15.1. The minimum absolute atomic E-state index is 1.09. The third-order valence-electron chi connectivity index (χ3n) is 12.7. The summed E-state index contributed by atoms with van der Waals surface area (Å²) in [5, 5.41) is 2.57. The summed E-state index contributed by atoms with van der Waals surface area (Å²) in [6, 6.07) is 96.7. The van der Waals surface area contributed by atoms with Gasteiger partial charge >= 0.3 is 0 Å². The summed E-state index contributed by atoms with van der Waals surface area (Å²) in [6.45, 7) is 0. The fraction of sp³-hybridized carbons (Fsp3) is 0. The van der Waals surface area contributed by atoms with E-state index in [1.807, 2.05) is 22.7 Å². The molecule has 0 bridgehead atoms. The van der Waals surface area contributed by atoms with Crippen molar-refractivity contribution in [2.45, 2.75) is 0 Å².